The van der Waals surface area contributed by atoms with Crippen molar-refractivity contribution in [3.63, 3.8) is 0 Å². The number of hydrogen-bond donors (Lipinski definition) is 1. The summed E-state index contributed by atoms with van der Waals surface area (Å²) < 4.78 is 36.9. The van der Waals surface area contributed by atoms with Crippen LogP contribution in [0.25, 0.3) is 0 Å². The third-order valence-corrected chi connectivity index (χ3v) is 3.25. The standard InChI is InChI=1S/C11H15F3N2O2/c12-11(13,14)10(18)16-5-1-2-7(6-16)9(17)15-8-3-4-8/h7-8H,1-6H2,(H,15,17). The van der Waals surface area contributed by atoms with Crippen LogP contribution in [-0.2, 0) is 9.59 Å². The van der Waals surface area contributed by atoms with E-state index in [1.165, 1.54) is 0 Å². The number of likely N-dealkylation sites (tertiary alicyclic amines) is 1. The van der Waals surface area contributed by atoms with Crippen LogP contribution in [0.4, 0.5) is 13.2 Å². The Labute approximate surface area is 103 Å². The Balaban J connectivity index is 1.91. The van der Waals surface area contributed by atoms with E-state index in [2.05, 4.69) is 5.32 Å². The van der Waals surface area contributed by atoms with E-state index in [9.17, 15) is 22.8 Å². The van der Waals surface area contributed by atoms with Gasteiger partial charge < -0.3 is 10.2 Å². The van der Waals surface area contributed by atoms with E-state index >= 15 is 0 Å². The van der Waals surface area contributed by atoms with Crippen LogP contribution in [-0.4, -0.2) is 42.0 Å². The molecule has 1 saturated heterocycles. The van der Waals surface area contributed by atoms with Crippen molar-refractivity contribution in [1.82, 2.24) is 10.2 Å². The molecule has 7 heteroatoms. The molecule has 0 aromatic heterocycles. The number of alkyl halides is 3. The quantitative estimate of drug-likeness (QED) is 0.811. The maximum atomic E-state index is 12.3. The van der Waals surface area contributed by atoms with Gasteiger partial charge in [0.25, 0.3) is 0 Å². The van der Waals surface area contributed by atoms with Gasteiger partial charge in [0.2, 0.25) is 5.91 Å². The fourth-order valence-electron chi connectivity index (χ4n) is 2.10. The Morgan fingerprint density at radius 1 is 1.17 bits per heavy atom. The highest BCUT2D eigenvalue weighted by Gasteiger charge is 2.44. The van der Waals surface area contributed by atoms with E-state index in [4.69, 9.17) is 0 Å². The van der Waals surface area contributed by atoms with Gasteiger partial charge >= 0.3 is 12.1 Å². The number of amides is 2. The van der Waals surface area contributed by atoms with Crippen molar-refractivity contribution in [3.8, 4) is 0 Å². The highest BCUT2D eigenvalue weighted by Crippen LogP contribution is 2.25. The molecule has 0 bridgehead atoms. The SMILES string of the molecule is O=C(NC1CC1)C1CCCN(C(=O)C(F)(F)F)C1. The van der Waals surface area contributed by atoms with Gasteiger partial charge in [0, 0.05) is 19.1 Å². The van der Waals surface area contributed by atoms with Crippen LogP contribution in [0.5, 0.6) is 0 Å². The molecule has 2 fully saturated rings. The lowest BCUT2D eigenvalue weighted by Crippen LogP contribution is -2.49. The Hall–Kier alpha value is -1.27. The molecule has 0 aromatic carbocycles. The van der Waals surface area contributed by atoms with Crippen molar-refractivity contribution in [1.29, 1.82) is 0 Å². The van der Waals surface area contributed by atoms with Gasteiger partial charge in [-0.3, -0.25) is 9.59 Å². The van der Waals surface area contributed by atoms with Crippen molar-refractivity contribution >= 4 is 11.8 Å². The molecule has 0 aromatic rings. The molecule has 1 atom stereocenters. The molecule has 1 unspecified atom stereocenters. The predicted molar refractivity (Wildman–Crippen MR) is 56.5 cm³/mol. The Bertz CT molecular complexity index is 353. The summed E-state index contributed by atoms with van der Waals surface area (Å²) in [7, 11) is 0. The topological polar surface area (TPSA) is 49.4 Å². The van der Waals surface area contributed by atoms with Crippen LogP contribution in [0, 0.1) is 5.92 Å². The van der Waals surface area contributed by atoms with E-state index in [0.717, 1.165) is 17.7 Å². The van der Waals surface area contributed by atoms with Gasteiger partial charge in [-0.2, -0.15) is 13.2 Å². The molecule has 1 aliphatic carbocycles. The number of piperidine rings is 1. The van der Waals surface area contributed by atoms with Crippen LogP contribution >= 0.6 is 0 Å². The second kappa shape index (κ2) is 4.78. The van der Waals surface area contributed by atoms with Crippen molar-refractivity contribution in [2.75, 3.05) is 13.1 Å². The monoisotopic (exact) mass is 264 g/mol. The summed E-state index contributed by atoms with van der Waals surface area (Å²) in [6.45, 7) is -0.0531. The molecule has 102 valence electrons. The largest absolute Gasteiger partial charge is 0.471 e. The lowest BCUT2D eigenvalue weighted by Gasteiger charge is -2.32. The van der Waals surface area contributed by atoms with Gasteiger partial charge in [-0.25, -0.2) is 0 Å². The van der Waals surface area contributed by atoms with E-state index in [1.54, 1.807) is 0 Å². The molecule has 2 aliphatic rings. The molecule has 18 heavy (non-hydrogen) atoms. The minimum absolute atomic E-state index is 0.0750. The maximum absolute atomic E-state index is 12.3. The zero-order valence-corrected chi connectivity index (χ0v) is 9.79. The summed E-state index contributed by atoms with van der Waals surface area (Å²) in [5.74, 6) is -2.57. The molecular formula is C11H15F3N2O2. The van der Waals surface area contributed by atoms with Gasteiger partial charge in [0.05, 0.1) is 5.92 Å². The average molecular weight is 264 g/mol. The molecule has 1 saturated carbocycles. The van der Waals surface area contributed by atoms with Crippen LogP contribution in [0.2, 0.25) is 0 Å². The third-order valence-electron chi connectivity index (χ3n) is 3.25. The summed E-state index contributed by atoms with van der Waals surface area (Å²) in [4.78, 5) is 23.6. The summed E-state index contributed by atoms with van der Waals surface area (Å²) in [5.41, 5.74) is 0. The first kappa shape index (κ1) is 13.2. The number of nitrogens with zero attached hydrogens (tertiary/aromatic N) is 1. The van der Waals surface area contributed by atoms with Crippen molar-refractivity contribution in [2.24, 2.45) is 5.92 Å². The number of hydrogen-bond acceptors (Lipinski definition) is 2. The number of halogens is 3. The molecule has 2 amide bonds. The number of carbonyl (C=O) groups excluding carboxylic acids is 2. The van der Waals surface area contributed by atoms with Crippen molar-refractivity contribution < 1.29 is 22.8 Å². The normalized spacial score (nSPS) is 24.8. The molecule has 0 spiro atoms. The third kappa shape index (κ3) is 3.14. The first-order valence-electron chi connectivity index (χ1n) is 6.04. The lowest BCUT2D eigenvalue weighted by atomic mass is 9.97. The molecule has 4 nitrogen and oxygen atoms in total. The van der Waals surface area contributed by atoms with E-state index in [1.807, 2.05) is 0 Å². The van der Waals surface area contributed by atoms with E-state index in [-0.39, 0.29) is 25.0 Å². The molecule has 1 aliphatic heterocycles. The predicted octanol–water partition coefficient (Wildman–Crippen LogP) is 1.07. The zero-order valence-electron chi connectivity index (χ0n) is 9.79. The smallest absolute Gasteiger partial charge is 0.353 e. The molecule has 0 radical (unpaired) electrons. The Morgan fingerprint density at radius 3 is 2.39 bits per heavy atom. The highest BCUT2D eigenvalue weighted by atomic mass is 19.4. The lowest BCUT2D eigenvalue weighted by molar-refractivity contribution is -0.187. The summed E-state index contributed by atoms with van der Waals surface area (Å²) >= 11 is 0. The van der Waals surface area contributed by atoms with Gasteiger partial charge in [-0.15, -0.1) is 0 Å². The van der Waals surface area contributed by atoms with E-state index in [0.29, 0.717) is 12.8 Å². The summed E-state index contributed by atoms with van der Waals surface area (Å²) in [5, 5.41) is 2.76. The fourth-order valence-corrected chi connectivity index (χ4v) is 2.10. The Kier molecular flexibility index (Phi) is 3.49. The van der Waals surface area contributed by atoms with Gasteiger partial charge in [0.15, 0.2) is 0 Å². The van der Waals surface area contributed by atoms with Crippen molar-refractivity contribution in [2.45, 2.75) is 37.9 Å². The second-order valence-electron chi connectivity index (χ2n) is 4.87. The van der Waals surface area contributed by atoms with Crippen LogP contribution in [0.1, 0.15) is 25.7 Å². The first-order valence-corrected chi connectivity index (χ1v) is 6.04. The zero-order chi connectivity index (χ0) is 13.3. The summed E-state index contributed by atoms with van der Waals surface area (Å²) in [6, 6.07) is 0.186. The fraction of sp³-hybridized carbons (Fsp3) is 0.818. The molecule has 1 heterocycles. The van der Waals surface area contributed by atoms with Crippen molar-refractivity contribution in [3.05, 3.63) is 0 Å². The minimum atomic E-state index is -4.85. The average Bonchev–Trinajstić information content (AvgIpc) is 3.11. The van der Waals surface area contributed by atoms with Gasteiger partial charge in [0.1, 0.15) is 0 Å². The number of rotatable bonds is 2. The molecule has 1 N–H and O–H groups in total. The van der Waals surface area contributed by atoms with Crippen LogP contribution in [0.3, 0.4) is 0 Å². The van der Waals surface area contributed by atoms with Gasteiger partial charge in [-0.1, -0.05) is 0 Å². The highest BCUT2D eigenvalue weighted by molar-refractivity contribution is 5.84. The summed E-state index contributed by atoms with van der Waals surface area (Å²) in [6.07, 6.45) is -2.01. The van der Waals surface area contributed by atoms with E-state index < -0.39 is 18.0 Å². The maximum Gasteiger partial charge on any atom is 0.471 e. The number of nitrogens with one attached hydrogen (secondary N) is 1. The molecular weight excluding hydrogens is 249 g/mol. The second-order valence-corrected chi connectivity index (χ2v) is 4.87. The van der Waals surface area contributed by atoms with Gasteiger partial charge in [-0.05, 0) is 25.7 Å². The first-order chi connectivity index (χ1) is 8.38. The minimum Gasteiger partial charge on any atom is -0.353 e. The molecule has 2 rings (SSSR count). The van der Waals surface area contributed by atoms with Crippen LogP contribution < -0.4 is 5.32 Å². The Morgan fingerprint density at radius 2 is 1.83 bits per heavy atom. The van der Waals surface area contributed by atoms with Crippen LogP contribution in [0.15, 0.2) is 0 Å². The number of carbonyl (C=O) groups is 2.